The highest BCUT2D eigenvalue weighted by atomic mass is 16.3. The number of nitrogens with one attached hydrogen (secondary N) is 2. The van der Waals surface area contributed by atoms with Gasteiger partial charge in [0.1, 0.15) is 5.76 Å². The molecule has 1 aliphatic heterocycles. The van der Waals surface area contributed by atoms with E-state index in [0.717, 1.165) is 11.4 Å². The van der Waals surface area contributed by atoms with Crippen LogP contribution < -0.4 is 15.5 Å². The number of hydrogen-bond donors (Lipinski definition) is 2. The smallest absolute Gasteiger partial charge is 0.321 e. The van der Waals surface area contributed by atoms with E-state index in [9.17, 15) is 9.59 Å². The fourth-order valence-electron chi connectivity index (χ4n) is 2.82. The van der Waals surface area contributed by atoms with Crippen molar-refractivity contribution in [1.82, 2.24) is 15.5 Å². The lowest BCUT2D eigenvalue weighted by Crippen LogP contribution is -2.34. The van der Waals surface area contributed by atoms with E-state index in [1.165, 1.54) is 0 Å². The molecular formula is C18H22N4O3. The van der Waals surface area contributed by atoms with Crippen LogP contribution in [0.5, 0.6) is 0 Å². The summed E-state index contributed by atoms with van der Waals surface area (Å²) < 4.78 is 5.44. The van der Waals surface area contributed by atoms with Crippen molar-refractivity contribution in [2.45, 2.75) is 6.04 Å². The molecule has 1 aromatic carbocycles. The first kappa shape index (κ1) is 17.0. The van der Waals surface area contributed by atoms with Gasteiger partial charge in [0.25, 0.3) is 5.91 Å². The maximum absolute atomic E-state index is 12.4. The number of benzene rings is 1. The first-order chi connectivity index (χ1) is 12.1. The average molecular weight is 342 g/mol. The molecule has 7 heteroatoms. The normalized spacial score (nSPS) is 15.3. The average Bonchev–Trinajstić information content (AvgIpc) is 3.26. The van der Waals surface area contributed by atoms with Crippen molar-refractivity contribution in [3.63, 3.8) is 0 Å². The molecular weight excluding hydrogens is 320 g/mol. The topological polar surface area (TPSA) is 77.8 Å². The zero-order chi connectivity index (χ0) is 17.8. The third-order valence-corrected chi connectivity index (χ3v) is 4.25. The van der Waals surface area contributed by atoms with Gasteiger partial charge >= 0.3 is 6.03 Å². The van der Waals surface area contributed by atoms with Crippen molar-refractivity contribution in [3.05, 3.63) is 54.0 Å². The van der Waals surface area contributed by atoms with Gasteiger partial charge in [0, 0.05) is 30.9 Å². The van der Waals surface area contributed by atoms with Gasteiger partial charge in [0.2, 0.25) is 0 Å². The van der Waals surface area contributed by atoms with Crippen LogP contribution in [0.25, 0.3) is 0 Å². The first-order valence-electron chi connectivity index (χ1n) is 8.19. The van der Waals surface area contributed by atoms with Crippen LogP contribution in [-0.2, 0) is 0 Å². The van der Waals surface area contributed by atoms with Crippen LogP contribution in [0.3, 0.4) is 0 Å². The summed E-state index contributed by atoms with van der Waals surface area (Å²) in [6, 6.07) is 10.6. The molecule has 1 aliphatic rings. The number of urea groups is 1. The molecule has 7 nitrogen and oxygen atoms in total. The molecule has 2 aromatic rings. The molecule has 0 spiro atoms. The number of likely N-dealkylation sites (N-methyl/N-ethyl adjacent to an activating group) is 1. The zero-order valence-electron chi connectivity index (χ0n) is 14.4. The van der Waals surface area contributed by atoms with Crippen molar-refractivity contribution in [2.24, 2.45) is 0 Å². The summed E-state index contributed by atoms with van der Waals surface area (Å²) in [5, 5.41) is 5.69. The first-order valence-corrected chi connectivity index (χ1v) is 8.19. The van der Waals surface area contributed by atoms with Crippen molar-refractivity contribution < 1.29 is 14.0 Å². The summed E-state index contributed by atoms with van der Waals surface area (Å²) in [7, 11) is 3.88. The zero-order valence-corrected chi connectivity index (χ0v) is 14.4. The Morgan fingerprint density at radius 2 is 2.08 bits per heavy atom. The molecule has 0 aliphatic carbocycles. The second-order valence-electron chi connectivity index (χ2n) is 6.14. The molecule has 3 rings (SSSR count). The number of hydrogen-bond acceptors (Lipinski definition) is 4. The third kappa shape index (κ3) is 3.83. The van der Waals surface area contributed by atoms with Crippen LogP contribution in [0.1, 0.15) is 22.2 Å². The third-order valence-electron chi connectivity index (χ3n) is 4.25. The maximum atomic E-state index is 12.4. The summed E-state index contributed by atoms with van der Waals surface area (Å²) in [5.74, 6) is 0.650. The molecule has 0 saturated carbocycles. The lowest BCUT2D eigenvalue weighted by atomic mass is 10.1. The van der Waals surface area contributed by atoms with Crippen LogP contribution in [-0.4, -0.2) is 50.6 Å². The van der Waals surface area contributed by atoms with Crippen LogP contribution >= 0.6 is 0 Å². The van der Waals surface area contributed by atoms with Gasteiger partial charge in [-0.1, -0.05) is 0 Å². The van der Waals surface area contributed by atoms with Gasteiger partial charge in [-0.2, -0.15) is 0 Å². The molecule has 25 heavy (non-hydrogen) atoms. The summed E-state index contributed by atoms with van der Waals surface area (Å²) in [4.78, 5) is 27.7. The predicted octanol–water partition coefficient (Wildman–Crippen LogP) is 1.84. The van der Waals surface area contributed by atoms with E-state index in [1.807, 2.05) is 31.1 Å². The van der Waals surface area contributed by atoms with Gasteiger partial charge in [-0.25, -0.2) is 4.79 Å². The van der Waals surface area contributed by atoms with E-state index < -0.39 is 0 Å². The van der Waals surface area contributed by atoms with E-state index >= 15 is 0 Å². The minimum absolute atomic E-state index is 0.0356. The second kappa shape index (κ2) is 7.40. The number of carbonyl (C=O) groups is 2. The number of amides is 3. The Morgan fingerprint density at radius 3 is 2.64 bits per heavy atom. The second-order valence-corrected chi connectivity index (χ2v) is 6.14. The quantitative estimate of drug-likeness (QED) is 0.840. The van der Waals surface area contributed by atoms with Crippen LogP contribution in [0.4, 0.5) is 10.5 Å². The van der Waals surface area contributed by atoms with E-state index in [4.69, 9.17) is 4.42 Å². The molecule has 0 radical (unpaired) electrons. The summed E-state index contributed by atoms with van der Waals surface area (Å²) in [5.41, 5.74) is 1.34. The Morgan fingerprint density at radius 1 is 1.32 bits per heavy atom. The molecule has 0 bridgehead atoms. The van der Waals surface area contributed by atoms with Crippen molar-refractivity contribution in [3.8, 4) is 0 Å². The Bertz CT molecular complexity index is 725. The molecule has 1 unspecified atom stereocenters. The molecule has 1 atom stereocenters. The summed E-state index contributed by atoms with van der Waals surface area (Å²) in [6.07, 6.45) is 1.63. The standard InChI is InChI=1S/C18H22N4O3/c1-21(2)15(16-4-3-11-25-16)12-20-17(23)13-5-7-14(8-6-13)22-10-9-19-18(22)24/h3-8,11,15H,9-10,12H2,1-2H3,(H,19,24)(H,20,23). The Balaban J connectivity index is 1.62. The lowest BCUT2D eigenvalue weighted by molar-refractivity contribution is 0.0939. The monoisotopic (exact) mass is 342 g/mol. The van der Waals surface area contributed by atoms with Crippen molar-refractivity contribution in [1.29, 1.82) is 0 Å². The van der Waals surface area contributed by atoms with Gasteiger partial charge in [-0.15, -0.1) is 0 Å². The highest BCUT2D eigenvalue weighted by molar-refractivity contribution is 5.97. The van der Waals surface area contributed by atoms with Gasteiger partial charge in [-0.05, 0) is 50.5 Å². The van der Waals surface area contributed by atoms with Gasteiger partial charge < -0.3 is 15.1 Å². The van der Waals surface area contributed by atoms with E-state index in [-0.39, 0.29) is 18.0 Å². The number of carbonyl (C=O) groups excluding carboxylic acids is 2. The maximum Gasteiger partial charge on any atom is 0.321 e. The van der Waals surface area contributed by atoms with E-state index in [0.29, 0.717) is 25.2 Å². The molecule has 132 valence electrons. The largest absolute Gasteiger partial charge is 0.468 e. The molecule has 1 fully saturated rings. The SMILES string of the molecule is CN(C)C(CNC(=O)c1ccc(N2CCNC2=O)cc1)c1ccco1. The van der Waals surface area contributed by atoms with Crippen LogP contribution in [0.15, 0.2) is 47.1 Å². The van der Waals surface area contributed by atoms with E-state index in [2.05, 4.69) is 10.6 Å². The summed E-state index contributed by atoms with van der Waals surface area (Å²) >= 11 is 0. The molecule has 3 amide bonds. The molecule has 1 aromatic heterocycles. The number of anilines is 1. The molecule has 1 saturated heterocycles. The highest BCUT2D eigenvalue weighted by Crippen LogP contribution is 2.19. The van der Waals surface area contributed by atoms with E-state index in [1.54, 1.807) is 35.4 Å². The number of furan rings is 1. The van der Waals surface area contributed by atoms with Crippen LogP contribution in [0, 0.1) is 0 Å². The van der Waals surface area contributed by atoms with Gasteiger partial charge in [0.15, 0.2) is 0 Å². The molecule has 2 N–H and O–H groups in total. The van der Waals surface area contributed by atoms with Crippen molar-refractivity contribution >= 4 is 17.6 Å². The summed E-state index contributed by atoms with van der Waals surface area (Å²) in [6.45, 7) is 1.72. The Hall–Kier alpha value is -2.80. The van der Waals surface area contributed by atoms with Crippen LogP contribution in [0.2, 0.25) is 0 Å². The Kier molecular flexibility index (Phi) is 5.04. The fourth-order valence-corrected chi connectivity index (χ4v) is 2.82. The van der Waals surface area contributed by atoms with Gasteiger partial charge in [0.05, 0.1) is 12.3 Å². The highest BCUT2D eigenvalue weighted by Gasteiger charge is 2.21. The fraction of sp³-hybridized carbons (Fsp3) is 0.333. The van der Waals surface area contributed by atoms with Gasteiger partial charge in [-0.3, -0.25) is 14.6 Å². The number of nitrogens with zero attached hydrogens (tertiary/aromatic N) is 2. The predicted molar refractivity (Wildman–Crippen MR) is 94.7 cm³/mol. The minimum atomic E-state index is -0.157. The Labute approximate surface area is 146 Å². The number of rotatable bonds is 6. The lowest BCUT2D eigenvalue weighted by Gasteiger charge is -2.22. The minimum Gasteiger partial charge on any atom is -0.468 e. The molecule has 2 heterocycles. The van der Waals surface area contributed by atoms with Crippen molar-refractivity contribution in [2.75, 3.05) is 38.6 Å².